The van der Waals surface area contributed by atoms with Crippen LogP contribution in [0.15, 0.2) is 97.2 Å². The van der Waals surface area contributed by atoms with Gasteiger partial charge in [-0.25, -0.2) is 0 Å². The molecule has 1 unspecified atom stereocenters. The van der Waals surface area contributed by atoms with Crippen molar-refractivity contribution < 1.29 is 28.6 Å². The van der Waals surface area contributed by atoms with E-state index in [2.05, 4.69) is 118 Å². The summed E-state index contributed by atoms with van der Waals surface area (Å²) in [6.07, 6.45) is 80.2. The van der Waals surface area contributed by atoms with Gasteiger partial charge in [0.15, 0.2) is 6.10 Å². The van der Waals surface area contributed by atoms with E-state index in [1.165, 1.54) is 116 Å². The van der Waals surface area contributed by atoms with E-state index in [9.17, 15) is 14.4 Å². The predicted octanol–water partition coefficient (Wildman–Crippen LogP) is 20.5. The van der Waals surface area contributed by atoms with E-state index in [0.717, 1.165) is 128 Å². The lowest BCUT2D eigenvalue weighted by molar-refractivity contribution is -0.167. The van der Waals surface area contributed by atoms with Gasteiger partial charge < -0.3 is 14.2 Å². The second-order valence-electron chi connectivity index (χ2n) is 19.9. The van der Waals surface area contributed by atoms with Gasteiger partial charge in [-0.3, -0.25) is 14.4 Å². The summed E-state index contributed by atoms with van der Waals surface area (Å²) >= 11 is 0. The molecule has 0 aliphatic heterocycles. The van der Waals surface area contributed by atoms with Crippen LogP contribution in [-0.4, -0.2) is 37.2 Å². The molecule has 0 bridgehead atoms. The van der Waals surface area contributed by atoms with Gasteiger partial charge in [0.05, 0.1) is 0 Å². The summed E-state index contributed by atoms with van der Waals surface area (Å²) in [5.41, 5.74) is 0. The van der Waals surface area contributed by atoms with Gasteiger partial charge in [-0.05, 0) is 83.5 Å². The van der Waals surface area contributed by atoms with E-state index in [1.807, 2.05) is 0 Å². The molecule has 0 spiro atoms. The first-order chi connectivity index (χ1) is 35.5. The third-order valence-corrected chi connectivity index (χ3v) is 12.9. The molecule has 0 radical (unpaired) electrons. The Kier molecular flexibility index (Phi) is 56.8. The molecule has 0 saturated heterocycles. The van der Waals surface area contributed by atoms with Crippen molar-refractivity contribution in [3.05, 3.63) is 97.2 Å². The third-order valence-electron chi connectivity index (χ3n) is 12.9. The van der Waals surface area contributed by atoms with Gasteiger partial charge in [-0.1, -0.05) is 279 Å². The highest BCUT2D eigenvalue weighted by Gasteiger charge is 2.19. The van der Waals surface area contributed by atoms with Crippen LogP contribution in [0.5, 0.6) is 0 Å². The standard InChI is InChI=1S/C66H112O6/c1-4-7-10-13-15-17-19-21-23-25-27-28-29-30-31-32-33-34-35-36-37-38-39-41-42-44-46-48-50-53-56-59-65(68)71-62-63(61-70-64(67)58-55-52-12-9-6-3)72-66(69)60-57-54-51-49-47-45-43-40-26-24-22-20-18-16-14-11-8-5-2/h7,10,15,17,21,23,27-28,30-31,33-34,36-37,39,41,63H,4-6,8-9,11-14,16,18-20,22,24-26,29,32,35,38,40,42-62H2,1-3H3/b10-7-,17-15-,23-21-,28-27-,31-30-,34-33-,37-36-,41-39-. The molecule has 0 aromatic heterocycles. The summed E-state index contributed by atoms with van der Waals surface area (Å²) in [4.78, 5) is 37.8. The number of allylic oxidation sites excluding steroid dienone is 16. The van der Waals surface area contributed by atoms with Crippen molar-refractivity contribution in [2.75, 3.05) is 13.2 Å². The molecule has 0 aromatic carbocycles. The van der Waals surface area contributed by atoms with E-state index in [1.54, 1.807) is 0 Å². The van der Waals surface area contributed by atoms with Crippen molar-refractivity contribution in [3.63, 3.8) is 0 Å². The molecule has 0 saturated carbocycles. The van der Waals surface area contributed by atoms with E-state index >= 15 is 0 Å². The maximum Gasteiger partial charge on any atom is 0.306 e. The van der Waals surface area contributed by atoms with Crippen LogP contribution in [0.25, 0.3) is 0 Å². The molecule has 0 aliphatic rings. The topological polar surface area (TPSA) is 78.9 Å². The quantitative estimate of drug-likeness (QED) is 0.0261. The minimum absolute atomic E-state index is 0.0805. The Labute approximate surface area is 445 Å². The number of carbonyl (C=O) groups is 3. The maximum atomic E-state index is 12.8. The molecule has 6 nitrogen and oxygen atoms in total. The fourth-order valence-electron chi connectivity index (χ4n) is 8.34. The Balaban J connectivity index is 4.10. The zero-order valence-corrected chi connectivity index (χ0v) is 47.2. The van der Waals surface area contributed by atoms with Crippen molar-refractivity contribution in [3.8, 4) is 0 Å². The van der Waals surface area contributed by atoms with Crippen molar-refractivity contribution in [1.82, 2.24) is 0 Å². The molecule has 6 heteroatoms. The normalized spacial score (nSPS) is 12.8. The smallest absolute Gasteiger partial charge is 0.306 e. The monoisotopic (exact) mass is 1000 g/mol. The molecule has 412 valence electrons. The minimum Gasteiger partial charge on any atom is -0.462 e. The van der Waals surface area contributed by atoms with Crippen LogP contribution in [0, 0.1) is 0 Å². The minimum atomic E-state index is -0.778. The van der Waals surface area contributed by atoms with Crippen LogP contribution in [0.2, 0.25) is 0 Å². The Morgan fingerprint density at radius 3 is 0.847 bits per heavy atom. The molecule has 0 heterocycles. The van der Waals surface area contributed by atoms with Gasteiger partial charge in [-0.2, -0.15) is 0 Å². The van der Waals surface area contributed by atoms with Crippen LogP contribution < -0.4 is 0 Å². The molecule has 0 amide bonds. The van der Waals surface area contributed by atoms with Gasteiger partial charge in [0.1, 0.15) is 13.2 Å². The average Bonchev–Trinajstić information content (AvgIpc) is 3.38. The van der Waals surface area contributed by atoms with E-state index in [-0.39, 0.29) is 31.1 Å². The third kappa shape index (κ3) is 57.2. The molecule has 0 aromatic rings. The second kappa shape index (κ2) is 59.9. The number of rotatable bonds is 54. The van der Waals surface area contributed by atoms with Crippen LogP contribution in [0.1, 0.15) is 284 Å². The van der Waals surface area contributed by atoms with E-state index in [4.69, 9.17) is 14.2 Å². The predicted molar refractivity (Wildman–Crippen MR) is 311 cm³/mol. The van der Waals surface area contributed by atoms with Gasteiger partial charge in [-0.15, -0.1) is 0 Å². The average molecular weight is 1000 g/mol. The molecule has 1 atom stereocenters. The van der Waals surface area contributed by atoms with E-state index < -0.39 is 6.10 Å². The first kappa shape index (κ1) is 68.3. The molecular weight excluding hydrogens is 889 g/mol. The molecule has 0 aliphatic carbocycles. The zero-order chi connectivity index (χ0) is 52.2. The van der Waals surface area contributed by atoms with Crippen molar-refractivity contribution >= 4 is 17.9 Å². The summed E-state index contributed by atoms with van der Waals surface area (Å²) in [5, 5.41) is 0. The van der Waals surface area contributed by atoms with Gasteiger partial charge in [0.25, 0.3) is 0 Å². The fraction of sp³-hybridized carbons (Fsp3) is 0.712. The number of carbonyl (C=O) groups excluding carboxylic acids is 3. The van der Waals surface area contributed by atoms with Crippen LogP contribution in [-0.2, 0) is 28.6 Å². The lowest BCUT2D eigenvalue weighted by atomic mass is 10.0. The zero-order valence-electron chi connectivity index (χ0n) is 47.2. The Bertz CT molecular complexity index is 1430. The number of unbranched alkanes of at least 4 members (excludes halogenated alkanes) is 27. The summed E-state index contributed by atoms with van der Waals surface area (Å²) in [6, 6.07) is 0. The number of ether oxygens (including phenoxy) is 3. The highest BCUT2D eigenvalue weighted by Crippen LogP contribution is 2.16. The largest absolute Gasteiger partial charge is 0.462 e. The molecule has 0 fully saturated rings. The first-order valence-electron chi connectivity index (χ1n) is 30.2. The van der Waals surface area contributed by atoms with Crippen molar-refractivity contribution in [2.24, 2.45) is 0 Å². The summed E-state index contributed by atoms with van der Waals surface area (Å²) in [6.45, 7) is 6.45. The molecular formula is C66H112O6. The highest BCUT2D eigenvalue weighted by molar-refractivity contribution is 5.71. The van der Waals surface area contributed by atoms with Gasteiger partial charge >= 0.3 is 17.9 Å². The Morgan fingerprint density at radius 1 is 0.292 bits per heavy atom. The lowest BCUT2D eigenvalue weighted by Crippen LogP contribution is -2.30. The van der Waals surface area contributed by atoms with Crippen molar-refractivity contribution in [2.45, 2.75) is 290 Å². The highest BCUT2D eigenvalue weighted by atomic mass is 16.6. The maximum absolute atomic E-state index is 12.8. The summed E-state index contributed by atoms with van der Waals surface area (Å²) in [5.74, 6) is -0.902. The Hall–Kier alpha value is -3.67. The van der Waals surface area contributed by atoms with Crippen LogP contribution in [0.3, 0.4) is 0 Å². The molecule has 0 rings (SSSR count). The Morgan fingerprint density at radius 2 is 0.542 bits per heavy atom. The fourth-order valence-corrected chi connectivity index (χ4v) is 8.34. The van der Waals surface area contributed by atoms with Crippen molar-refractivity contribution in [1.29, 1.82) is 0 Å². The van der Waals surface area contributed by atoms with Gasteiger partial charge in [0, 0.05) is 19.3 Å². The first-order valence-corrected chi connectivity index (χ1v) is 30.2. The summed E-state index contributed by atoms with van der Waals surface area (Å²) < 4.78 is 16.7. The molecule has 72 heavy (non-hydrogen) atoms. The lowest BCUT2D eigenvalue weighted by Gasteiger charge is -2.18. The molecule has 0 N–H and O–H groups in total. The second-order valence-corrected chi connectivity index (χ2v) is 19.9. The van der Waals surface area contributed by atoms with Crippen LogP contribution in [0.4, 0.5) is 0 Å². The number of esters is 3. The van der Waals surface area contributed by atoms with E-state index in [0.29, 0.717) is 19.3 Å². The summed E-state index contributed by atoms with van der Waals surface area (Å²) in [7, 11) is 0. The number of hydrogen-bond acceptors (Lipinski definition) is 6. The SMILES string of the molecule is CC/C=C\C/C=C\C/C=C\C/C=C\C/C=C\C/C=C\C/C=C\C/C=C\CCCCCCCCC(=O)OCC(COC(=O)CCCCCCC)OC(=O)CCCCCCCCCCCCCCCCCCCC. The number of hydrogen-bond donors (Lipinski definition) is 0. The van der Waals surface area contributed by atoms with Crippen LogP contribution >= 0.6 is 0 Å². The van der Waals surface area contributed by atoms with Gasteiger partial charge in [0.2, 0.25) is 0 Å².